The average Bonchev–Trinajstić information content (AvgIpc) is 3.10. The molecule has 1 aliphatic rings. The van der Waals surface area contributed by atoms with E-state index in [1.54, 1.807) is 12.1 Å². The van der Waals surface area contributed by atoms with E-state index in [1.807, 2.05) is 0 Å². The standard InChI is InChI=1S/C18H22ClNO5/c1-23-15-10-12(9-14(19)18(15)24-2)7-8-17(22)25-11-16(21)20-13-5-3-4-6-13/h7-10,13H,3-6,11H2,1-2H3,(H,20,21)/b8-7+. The molecule has 0 saturated heterocycles. The maximum absolute atomic E-state index is 11.7. The van der Waals surface area contributed by atoms with Crippen LogP contribution in [0.25, 0.3) is 6.08 Å². The fourth-order valence-corrected chi connectivity index (χ4v) is 3.02. The van der Waals surface area contributed by atoms with Crippen LogP contribution in [0.15, 0.2) is 18.2 Å². The molecule has 0 radical (unpaired) electrons. The first-order valence-electron chi connectivity index (χ1n) is 8.09. The summed E-state index contributed by atoms with van der Waals surface area (Å²) in [4.78, 5) is 23.5. The fourth-order valence-electron chi connectivity index (χ4n) is 2.72. The molecule has 136 valence electrons. The lowest BCUT2D eigenvalue weighted by Crippen LogP contribution is -2.35. The Bertz CT molecular complexity index is 653. The Morgan fingerprint density at radius 2 is 1.96 bits per heavy atom. The number of rotatable bonds is 7. The summed E-state index contributed by atoms with van der Waals surface area (Å²) < 4.78 is 15.3. The monoisotopic (exact) mass is 367 g/mol. The summed E-state index contributed by atoms with van der Waals surface area (Å²) in [6, 6.07) is 3.52. The Labute approximate surface area is 152 Å². The number of nitrogens with one attached hydrogen (secondary N) is 1. The number of esters is 1. The minimum atomic E-state index is -0.604. The van der Waals surface area contributed by atoms with Gasteiger partial charge in [-0.3, -0.25) is 4.79 Å². The summed E-state index contributed by atoms with van der Waals surface area (Å²) >= 11 is 6.10. The zero-order valence-corrected chi connectivity index (χ0v) is 15.1. The fraction of sp³-hybridized carbons (Fsp3) is 0.444. The number of halogens is 1. The Morgan fingerprint density at radius 3 is 2.60 bits per heavy atom. The van der Waals surface area contributed by atoms with Gasteiger partial charge in [0.2, 0.25) is 0 Å². The van der Waals surface area contributed by atoms with Crippen LogP contribution in [0.1, 0.15) is 31.2 Å². The van der Waals surface area contributed by atoms with Crippen molar-refractivity contribution in [1.82, 2.24) is 5.32 Å². The maximum atomic E-state index is 11.7. The zero-order chi connectivity index (χ0) is 18.2. The van der Waals surface area contributed by atoms with Crippen LogP contribution in [0.5, 0.6) is 11.5 Å². The smallest absolute Gasteiger partial charge is 0.331 e. The van der Waals surface area contributed by atoms with Crippen molar-refractivity contribution in [1.29, 1.82) is 0 Å². The molecule has 0 atom stereocenters. The van der Waals surface area contributed by atoms with E-state index in [9.17, 15) is 9.59 Å². The molecule has 0 aliphatic heterocycles. The van der Waals surface area contributed by atoms with Gasteiger partial charge in [0, 0.05) is 12.1 Å². The molecule has 0 bridgehead atoms. The molecule has 0 heterocycles. The minimum Gasteiger partial charge on any atom is -0.493 e. The molecule has 1 amide bonds. The molecule has 0 unspecified atom stereocenters. The summed E-state index contributed by atoms with van der Waals surface area (Å²) in [5.41, 5.74) is 0.648. The number of carbonyl (C=O) groups is 2. The summed E-state index contributed by atoms with van der Waals surface area (Å²) in [5, 5.41) is 3.22. The molecule has 1 fully saturated rings. The third kappa shape index (κ3) is 5.67. The molecule has 1 aliphatic carbocycles. The lowest BCUT2D eigenvalue weighted by Gasteiger charge is -2.11. The molecule has 2 rings (SSSR count). The van der Waals surface area contributed by atoms with Gasteiger partial charge >= 0.3 is 5.97 Å². The van der Waals surface area contributed by atoms with Crippen LogP contribution in [0.4, 0.5) is 0 Å². The van der Waals surface area contributed by atoms with Crippen LogP contribution in [-0.2, 0) is 14.3 Å². The zero-order valence-electron chi connectivity index (χ0n) is 14.3. The van der Waals surface area contributed by atoms with E-state index in [4.69, 9.17) is 25.8 Å². The lowest BCUT2D eigenvalue weighted by atomic mass is 10.2. The van der Waals surface area contributed by atoms with Gasteiger partial charge in [0.1, 0.15) is 0 Å². The molecule has 0 spiro atoms. The van der Waals surface area contributed by atoms with Gasteiger partial charge in [-0.25, -0.2) is 4.79 Å². The Hall–Kier alpha value is -2.21. The highest BCUT2D eigenvalue weighted by atomic mass is 35.5. The van der Waals surface area contributed by atoms with Crippen molar-refractivity contribution in [3.8, 4) is 11.5 Å². The second kappa shape index (κ2) is 9.32. The van der Waals surface area contributed by atoms with Gasteiger partial charge in [-0.05, 0) is 36.6 Å². The number of hydrogen-bond acceptors (Lipinski definition) is 5. The van der Waals surface area contributed by atoms with E-state index < -0.39 is 5.97 Å². The maximum Gasteiger partial charge on any atom is 0.331 e. The topological polar surface area (TPSA) is 73.9 Å². The van der Waals surface area contributed by atoms with Crippen LogP contribution >= 0.6 is 11.6 Å². The lowest BCUT2D eigenvalue weighted by molar-refractivity contribution is -0.144. The van der Waals surface area contributed by atoms with E-state index in [0.29, 0.717) is 22.1 Å². The van der Waals surface area contributed by atoms with Gasteiger partial charge in [0.25, 0.3) is 5.91 Å². The van der Waals surface area contributed by atoms with E-state index in [1.165, 1.54) is 26.4 Å². The number of amides is 1. The second-order valence-corrected chi connectivity index (χ2v) is 6.14. The van der Waals surface area contributed by atoms with Crippen molar-refractivity contribution >= 4 is 29.6 Å². The summed E-state index contributed by atoms with van der Waals surface area (Å²) in [6.45, 7) is -0.285. The van der Waals surface area contributed by atoms with Gasteiger partial charge in [0.15, 0.2) is 18.1 Å². The third-order valence-electron chi connectivity index (χ3n) is 3.93. The molecule has 1 aromatic rings. The van der Waals surface area contributed by atoms with Crippen molar-refractivity contribution in [2.24, 2.45) is 0 Å². The van der Waals surface area contributed by atoms with Gasteiger partial charge in [0.05, 0.1) is 19.2 Å². The van der Waals surface area contributed by atoms with E-state index >= 15 is 0 Å². The molecule has 0 aromatic heterocycles. The van der Waals surface area contributed by atoms with Gasteiger partial charge in [-0.1, -0.05) is 24.4 Å². The Balaban J connectivity index is 1.87. The number of methoxy groups -OCH3 is 2. The van der Waals surface area contributed by atoms with Gasteiger partial charge < -0.3 is 19.5 Å². The van der Waals surface area contributed by atoms with Crippen LogP contribution < -0.4 is 14.8 Å². The predicted octanol–water partition coefficient (Wildman–Crippen LogP) is 2.97. The highest BCUT2D eigenvalue weighted by molar-refractivity contribution is 6.32. The van der Waals surface area contributed by atoms with Crippen molar-refractivity contribution in [2.75, 3.05) is 20.8 Å². The van der Waals surface area contributed by atoms with Crippen molar-refractivity contribution in [3.63, 3.8) is 0 Å². The van der Waals surface area contributed by atoms with Gasteiger partial charge in [-0.15, -0.1) is 0 Å². The molecule has 1 N–H and O–H groups in total. The molecule has 6 nitrogen and oxygen atoms in total. The average molecular weight is 368 g/mol. The second-order valence-electron chi connectivity index (χ2n) is 5.73. The Morgan fingerprint density at radius 1 is 1.24 bits per heavy atom. The quantitative estimate of drug-likeness (QED) is 0.592. The summed E-state index contributed by atoms with van der Waals surface area (Å²) in [6.07, 6.45) is 6.99. The van der Waals surface area contributed by atoms with Crippen LogP contribution in [0, 0.1) is 0 Å². The number of hydrogen-bond donors (Lipinski definition) is 1. The minimum absolute atomic E-state index is 0.204. The van der Waals surface area contributed by atoms with Crippen LogP contribution in [0.2, 0.25) is 5.02 Å². The number of ether oxygens (including phenoxy) is 3. The largest absolute Gasteiger partial charge is 0.493 e. The third-order valence-corrected chi connectivity index (χ3v) is 4.21. The van der Waals surface area contributed by atoms with Gasteiger partial charge in [-0.2, -0.15) is 0 Å². The first-order valence-corrected chi connectivity index (χ1v) is 8.47. The first-order chi connectivity index (χ1) is 12.0. The first kappa shape index (κ1) is 19.1. The predicted molar refractivity (Wildman–Crippen MR) is 94.9 cm³/mol. The summed E-state index contributed by atoms with van der Waals surface area (Å²) in [5.74, 6) is 0.00160. The highest BCUT2D eigenvalue weighted by Gasteiger charge is 2.17. The van der Waals surface area contributed by atoms with E-state index in [0.717, 1.165) is 25.7 Å². The molecular formula is C18H22ClNO5. The number of benzene rings is 1. The van der Waals surface area contributed by atoms with Crippen molar-refractivity contribution in [2.45, 2.75) is 31.7 Å². The molecule has 1 saturated carbocycles. The SMILES string of the molecule is COc1cc(/C=C/C(=O)OCC(=O)NC2CCCC2)cc(Cl)c1OC. The summed E-state index contributed by atoms with van der Waals surface area (Å²) in [7, 11) is 2.99. The number of carbonyl (C=O) groups excluding carboxylic acids is 2. The molecular weight excluding hydrogens is 346 g/mol. The Kier molecular flexibility index (Phi) is 7.13. The molecule has 25 heavy (non-hydrogen) atoms. The van der Waals surface area contributed by atoms with Crippen molar-refractivity contribution in [3.05, 3.63) is 28.8 Å². The highest BCUT2D eigenvalue weighted by Crippen LogP contribution is 2.36. The normalized spacial score (nSPS) is 14.5. The molecule has 1 aromatic carbocycles. The van der Waals surface area contributed by atoms with Crippen LogP contribution in [0.3, 0.4) is 0 Å². The van der Waals surface area contributed by atoms with E-state index in [-0.39, 0.29) is 18.6 Å². The van der Waals surface area contributed by atoms with Crippen molar-refractivity contribution < 1.29 is 23.8 Å². The molecule has 7 heteroatoms. The van der Waals surface area contributed by atoms with Crippen LogP contribution in [-0.4, -0.2) is 38.7 Å². The van der Waals surface area contributed by atoms with E-state index in [2.05, 4.69) is 5.32 Å².